The second-order valence-electron chi connectivity index (χ2n) is 3.07. The van der Waals surface area contributed by atoms with Crippen LogP contribution in [-0.2, 0) is 4.74 Å². The van der Waals surface area contributed by atoms with Crippen molar-refractivity contribution in [2.75, 3.05) is 19.8 Å². The third-order valence-corrected chi connectivity index (χ3v) is 1.44. The maximum Gasteiger partial charge on any atom is 0.0590 e. The van der Waals surface area contributed by atoms with Crippen molar-refractivity contribution in [1.82, 2.24) is 5.32 Å². The average Bonchev–Trinajstić information content (AvgIpc) is 1.96. The fourth-order valence-corrected chi connectivity index (χ4v) is 0.768. The van der Waals surface area contributed by atoms with Gasteiger partial charge in [0.2, 0.25) is 0 Å². The normalized spacial score (nSPS) is 10.9. The zero-order valence-corrected chi connectivity index (χ0v) is 8.02. The lowest BCUT2D eigenvalue weighted by Gasteiger charge is -2.07. The predicted octanol–water partition coefficient (Wildman–Crippen LogP) is 1.80. The molecule has 0 spiro atoms. The molecule has 0 rings (SSSR count). The maximum absolute atomic E-state index is 5.36. The van der Waals surface area contributed by atoms with Crippen molar-refractivity contribution < 1.29 is 4.74 Å². The van der Waals surface area contributed by atoms with Gasteiger partial charge in [0.25, 0.3) is 0 Å². The molecule has 0 aromatic carbocycles. The molecule has 0 fully saturated rings. The first kappa shape index (κ1) is 10.9. The standard InChI is InChI=1S/C9H21NO/c1-4-5-7-11-8-6-10-9(2)3/h9-10H,4-8H2,1-3H3. The summed E-state index contributed by atoms with van der Waals surface area (Å²) in [5, 5.41) is 3.30. The molecular weight excluding hydrogens is 138 g/mol. The van der Waals surface area contributed by atoms with Gasteiger partial charge in [0, 0.05) is 19.2 Å². The summed E-state index contributed by atoms with van der Waals surface area (Å²) in [4.78, 5) is 0. The fraction of sp³-hybridized carbons (Fsp3) is 1.00. The summed E-state index contributed by atoms with van der Waals surface area (Å²) in [7, 11) is 0. The van der Waals surface area contributed by atoms with Crippen LogP contribution in [0.25, 0.3) is 0 Å². The molecule has 2 heteroatoms. The molecule has 0 amide bonds. The molecule has 0 aliphatic carbocycles. The van der Waals surface area contributed by atoms with E-state index in [1.807, 2.05) is 0 Å². The number of ether oxygens (including phenoxy) is 1. The average molecular weight is 159 g/mol. The van der Waals surface area contributed by atoms with E-state index in [1.54, 1.807) is 0 Å². The van der Waals surface area contributed by atoms with Crippen LogP contribution >= 0.6 is 0 Å². The van der Waals surface area contributed by atoms with E-state index in [-0.39, 0.29) is 0 Å². The summed E-state index contributed by atoms with van der Waals surface area (Å²) in [5.41, 5.74) is 0. The third kappa shape index (κ3) is 9.92. The quantitative estimate of drug-likeness (QED) is 0.572. The van der Waals surface area contributed by atoms with Crippen molar-refractivity contribution in [2.24, 2.45) is 0 Å². The van der Waals surface area contributed by atoms with E-state index in [0.717, 1.165) is 19.8 Å². The Morgan fingerprint density at radius 2 is 2.00 bits per heavy atom. The molecule has 0 aliphatic rings. The van der Waals surface area contributed by atoms with Gasteiger partial charge in [0.05, 0.1) is 6.61 Å². The molecule has 2 nitrogen and oxygen atoms in total. The van der Waals surface area contributed by atoms with Gasteiger partial charge in [-0.3, -0.25) is 0 Å². The molecule has 0 radical (unpaired) electrons. The Morgan fingerprint density at radius 1 is 1.27 bits per heavy atom. The zero-order valence-electron chi connectivity index (χ0n) is 8.02. The Bertz CT molecular complexity index is 74.0. The minimum Gasteiger partial charge on any atom is -0.380 e. The fourth-order valence-electron chi connectivity index (χ4n) is 0.768. The molecule has 0 unspecified atom stereocenters. The lowest BCUT2D eigenvalue weighted by molar-refractivity contribution is 0.131. The molecule has 11 heavy (non-hydrogen) atoms. The van der Waals surface area contributed by atoms with Crippen LogP contribution in [0.1, 0.15) is 33.6 Å². The van der Waals surface area contributed by atoms with E-state index in [1.165, 1.54) is 12.8 Å². The molecule has 1 N–H and O–H groups in total. The van der Waals surface area contributed by atoms with Gasteiger partial charge in [-0.15, -0.1) is 0 Å². The Labute approximate surface area is 70.3 Å². The van der Waals surface area contributed by atoms with Crippen molar-refractivity contribution >= 4 is 0 Å². The first-order valence-electron chi connectivity index (χ1n) is 4.58. The van der Waals surface area contributed by atoms with Crippen LogP contribution in [0.3, 0.4) is 0 Å². The Morgan fingerprint density at radius 3 is 2.55 bits per heavy atom. The number of nitrogens with one attached hydrogen (secondary N) is 1. The number of hydrogen-bond acceptors (Lipinski definition) is 2. The highest BCUT2D eigenvalue weighted by atomic mass is 16.5. The van der Waals surface area contributed by atoms with Gasteiger partial charge in [0.15, 0.2) is 0 Å². The van der Waals surface area contributed by atoms with Gasteiger partial charge in [-0.1, -0.05) is 27.2 Å². The molecule has 0 atom stereocenters. The van der Waals surface area contributed by atoms with Crippen molar-refractivity contribution in [3.05, 3.63) is 0 Å². The summed E-state index contributed by atoms with van der Waals surface area (Å²) in [5.74, 6) is 0. The lowest BCUT2D eigenvalue weighted by atomic mass is 10.4. The smallest absolute Gasteiger partial charge is 0.0590 e. The van der Waals surface area contributed by atoms with Gasteiger partial charge in [-0.2, -0.15) is 0 Å². The van der Waals surface area contributed by atoms with Crippen LogP contribution in [0.4, 0.5) is 0 Å². The molecule has 68 valence electrons. The minimum absolute atomic E-state index is 0.574. The van der Waals surface area contributed by atoms with Gasteiger partial charge in [0.1, 0.15) is 0 Å². The van der Waals surface area contributed by atoms with Crippen molar-refractivity contribution in [2.45, 2.75) is 39.7 Å². The van der Waals surface area contributed by atoms with E-state index in [9.17, 15) is 0 Å². The summed E-state index contributed by atoms with van der Waals surface area (Å²) >= 11 is 0. The highest BCUT2D eigenvalue weighted by Gasteiger charge is 1.90. The second kappa shape index (κ2) is 8.02. The SMILES string of the molecule is CCCCOCCNC(C)C. The number of unbranched alkanes of at least 4 members (excludes halogenated alkanes) is 1. The van der Waals surface area contributed by atoms with Crippen LogP contribution in [-0.4, -0.2) is 25.8 Å². The topological polar surface area (TPSA) is 21.3 Å². The van der Waals surface area contributed by atoms with E-state index in [4.69, 9.17) is 4.74 Å². The molecule has 0 aliphatic heterocycles. The van der Waals surface area contributed by atoms with Crippen molar-refractivity contribution in [1.29, 1.82) is 0 Å². The van der Waals surface area contributed by atoms with Gasteiger partial charge < -0.3 is 10.1 Å². The van der Waals surface area contributed by atoms with Gasteiger partial charge in [-0.25, -0.2) is 0 Å². The largest absolute Gasteiger partial charge is 0.380 e. The van der Waals surface area contributed by atoms with E-state index < -0.39 is 0 Å². The van der Waals surface area contributed by atoms with Gasteiger partial charge in [-0.05, 0) is 6.42 Å². The number of rotatable bonds is 7. The predicted molar refractivity (Wildman–Crippen MR) is 48.9 cm³/mol. The Kier molecular flexibility index (Phi) is 7.96. The number of hydrogen-bond donors (Lipinski definition) is 1. The molecule has 0 saturated carbocycles. The highest BCUT2D eigenvalue weighted by Crippen LogP contribution is 1.86. The van der Waals surface area contributed by atoms with E-state index in [2.05, 4.69) is 26.1 Å². The molecule has 0 bridgehead atoms. The van der Waals surface area contributed by atoms with Crippen LogP contribution < -0.4 is 5.32 Å². The Hall–Kier alpha value is -0.0800. The van der Waals surface area contributed by atoms with Crippen LogP contribution in [0.15, 0.2) is 0 Å². The third-order valence-electron chi connectivity index (χ3n) is 1.44. The second-order valence-corrected chi connectivity index (χ2v) is 3.07. The van der Waals surface area contributed by atoms with E-state index in [0.29, 0.717) is 6.04 Å². The van der Waals surface area contributed by atoms with Crippen LogP contribution in [0, 0.1) is 0 Å². The summed E-state index contributed by atoms with van der Waals surface area (Å²) < 4.78 is 5.36. The maximum atomic E-state index is 5.36. The molecular formula is C9H21NO. The summed E-state index contributed by atoms with van der Waals surface area (Å²) in [6, 6.07) is 0.574. The van der Waals surface area contributed by atoms with Crippen LogP contribution in [0.2, 0.25) is 0 Å². The monoisotopic (exact) mass is 159 g/mol. The van der Waals surface area contributed by atoms with Crippen molar-refractivity contribution in [3.63, 3.8) is 0 Å². The summed E-state index contributed by atoms with van der Waals surface area (Å²) in [6.07, 6.45) is 2.40. The van der Waals surface area contributed by atoms with Crippen LogP contribution in [0.5, 0.6) is 0 Å². The highest BCUT2D eigenvalue weighted by molar-refractivity contribution is 4.50. The van der Waals surface area contributed by atoms with Crippen molar-refractivity contribution in [3.8, 4) is 0 Å². The lowest BCUT2D eigenvalue weighted by Crippen LogP contribution is -2.26. The molecule has 0 heterocycles. The van der Waals surface area contributed by atoms with Gasteiger partial charge >= 0.3 is 0 Å². The minimum atomic E-state index is 0.574. The molecule has 0 aromatic rings. The zero-order chi connectivity index (χ0) is 8.53. The first-order valence-corrected chi connectivity index (χ1v) is 4.58. The molecule has 0 saturated heterocycles. The first-order chi connectivity index (χ1) is 5.27. The summed E-state index contributed by atoms with van der Waals surface area (Å²) in [6.45, 7) is 9.20. The molecule has 0 aromatic heterocycles. The Balaban J connectivity index is 2.80. The van der Waals surface area contributed by atoms with E-state index >= 15 is 0 Å².